The van der Waals surface area contributed by atoms with Crippen LogP contribution in [0.3, 0.4) is 0 Å². The molecule has 0 amide bonds. The average molecular weight is 496 g/mol. The lowest BCUT2D eigenvalue weighted by atomic mass is 9.79. The summed E-state index contributed by atoms with van der Waals surface area (Å²) in [5.41, 5.74) is 4.74. The third-order valence-electron chi connectivity index (χ3n) is 7.94. The standard InChI is InChI=1S/C30H41NO3S/c1-30(2,3)35(33,34)22-24-9-13-27(14-10-24)29(32)21-23-7-11-25(12-8-23)26-15-17-28(18-16-26)31-19-5-4-6-20-31/h7-8,11-12,15-18,24,27H,4-6,9-10,13-14,19-22H2,1-3H3. The van der Waals surface area contributed by atoms with E-state index in [1.165, 1.54) is 36.1 Å². The van der Waals surface area contributed by atoms with Gasteiger partial charge in [0.05, 0.1) is 10.5 Å². The van der Waals surface area contributed by atoms with Crippen molar-refractivity contribution in [2.24, 2.45) is 11.8 Å². The molecule has 1 aliphatic heterocycles. The number of piperidine rings is 1. The van der Waals surface area contributed by atoms with E-state index in [0.717, 1.165) is 44.3 Å². The van der Waals surface area contributed by atoms with E-state index in [1.54, 1.807) is 20.8 Å². The Balaban J connectivity index is 1.28. The van der Waals surface area contributed by atoms with E-state index in [0.29, 0.717) is 12.2 Å². The molecule has 2 fully saturated rings. The first kappa shape index (κ1) is 25.9. The highest BCUT2D eigenvalue weighted by molar-refractivity contribution is 7.92. The molecule has 0 atom stereocenters. The Morgan fingerprint density at radius 1 is 0.829 bits per heavy atom. The van der Waals surface area contributed by atoms with Crippen molar-refractivity contribution in [3.05, 3.63) is 54.1 Å². The van der Waals surface area contributed by atoms with Gasteiger partial charge in [0.1, 0.15) is 5.78 Å². The molecular weight excluding hydrogens is 454 g/mol. The van der Waals surface area contributed by atoms with Gasteiger partial charge >= 0.3 is 0 Å². The summed E-state index contributed by atoms with van der Waals surface area (Å²) in [5.74, 6) is 0.785. The summed E-state index contributed by atoms with van der Waals surface area (Å²) in [5, 5.41) is 0. The molecule has 0 radical (unpaired) electrons. The third kappa shape index (κ3) is 6.55. The van der Waals surface area contributed by atoms with Gasteiger partial charge in [-0.3, -0.25) is 4.79 Å². The number of benzene rings is 2. The van der Waals surface area contributed by atoms with Crippen LogP contribution in [0, 0.1) is 11.8 Å². The van der Waals surface area contributed by atoms with Crippen LogP contribution in [-0.4, -0.2) is 37.8 Å². The second-order valence-electron chi connectivity index (χ2n) is 11.5. The molecule has 190 valence electrons. The summed E-state index contributed by atoms with van der Waals surface area (Å²) in [4.78, 5) is 15.4. The number of Topliss-reactive ketones (excluding diaryl/α,β-unsaturated/α-hetero) is 1. The lowest BCUT2D eigenvalue weighted by molar-refractivity contribution is -0.123. The maximum atomic E-state index is 12.9. The molecular formula is C30H41NO3S. The van der Waals surface area contributed by atoms with Crippen molar-refractivity contribution in [1.29, 1.82) is 0 Å². The zero-order chi connectivity index (χ0) is 25.1. The van der Waals surface area contributed by atoms with Crippen molar-refractivity contribution in [2.75, 3.05) is 23.7 Å². The lowest BCUT2D eigenvalue weighted by Crippen LogP contribution is -2.35. The van der Waals surface area contributed by atoms with Crippen molar-refractivity contribution < 1.29 is 13.2 Å². The van der Waals surface area contributed by atoms with Crippen molar-refractivity contribution in [1.82, 2.24) is 0 Å². The highest BCUT2D eigenvalue weighted by atomic mass is 32.2. The van der Waals surface area contributed by atoms with E-state index in [-0.39, 0.29) is 17.6 Å². The predicted octanol–water partition coefficient (Wildman–Crippen LogP) is 6.48. The minimum atomic E-state index is -3.11. The smallest absolute Gasteiger partial charge is 0.155 e. The number of carbonyl (C=O) groups excluding carboxylic acids is 1. The number of sulfone groups is 1. The first-order valence-corrected chi connectivity index (χ1v) is 15.0. The Kier molecular flexibility index (Phi) is 8.05. The molecule has 1 saturated carbocycles. The molecule has 4 rings (SSSR count). The molecule has 2 aromatic rings. The monoisotopic (exact) mass is 495 g/mol. The quantitative estimate of drug-likeness (QED) is 0.441. The molecule has 0 bridgehead atoms. The van der Waals surface area contributed by atoms with Gasteiger partial charge in [-0.05, 0) is 100 Å². The maximum absolute atomic E-state index is 12.9. The van der Waals surface area contributed by atoms with Gasteiger partial charge in [0, 0.05) is 31.1 Å². The average Bonchev–Trinajstić information content (AvgIpc) is 2.85. The van der Waals surface area contributed by atoms with Crippen molar-refractivity contribution >= 4 is 21.3 Å². The summed E-state index contributed by atoms with van der Waals surface area (Å²) in [6.07, 6.45) is 7.65. The normalized spacial score (nSPS) is 21.6. The van der Waals surface area contributed by atoms with Crippen LogP contribution < -0.4 is 4.90 Å². The van der Waals surface area contributed by atoms with Crippen molar-refractivity contribution in [3.8, 4) is 11.1 Å². The molecule has 0 N–H and O–H groups in total. The number of hydrogen-bond acceptors (Lipinski definition) is 4. The first-order valence-electron chi connectivity index (χ1n) is 13.3. The van der Waals surface area contributed by atoms with Crippen LogP contribution in [0.4, 0.5) is 5.69 Å². The number of hydrogen-bond donors (Lipinski definition) is 0. The molecule has 2 aromatic carbocycles. The Hall–Kier alpha value is -2.14. The third-order valence-corrected chi connectivity index (χ3v) is 10.7. The van der Waals surface area contributed by atoms with Crippen LogP contribution in [0.25, 0.3) is 11.1 Å². The van der Waals surface area contributed by atoms with E-state index >= 15 is 0 Å². The van der Waals surface area contributed by atoms with E-state index in [4.69, 9.17) is 0 Å². The molecule has 2 aliphatic rings. The minimum Gasteiger partial charge on any atom is -0.372 e. The summed E-state index contributed by atoms with van der Waals surface area (Å²) in [6, 6.07) is 17.2. The highest BCUT2D eigenvalue weighted by Gasteiger charge is 2.34. The van der Waals surface area contributed by atoms with Crippen molar-refractivity contribution in [3.63, 3.8) is 0 Å². The van der Waals surface area contributed by atoms with Gasteiger partial charge < -0.3 is 4.90 Å². The van der Waals surface area contributed by atoms with Crippen molar-refractivity contribution in [2.45, 2.75) is 76.9 Å². The Morgan fingerprint density at radius 2 is 1.37 bits per heavy atom. The van der Waals surface area contributed by atoms with Crippen LogP contribution in [0.1, 0.15) is 71.3 Å². The Morgan fingerprint density at radius 3 is 1.91 bits per heavy atom. The SMILES string of the molecule is CC(C)(C)S(=O)(=O)CC1CCC(C(=O)Cc2ccc(-c3ccc(N4CCCCC4)cc3)cc2)CC1. The minimum absolute atomic E-state index is 0.0607. The van der Waals surface area contributed by atoms with Gasteiger partial charge in [0.2, 0.25) is 0 Å². The number of nitrogens with zero attached hydrogens (tertiary/aromatic N) is 1. The molecule has 0 spiro atoms. The topological polar surface area (TPSA) is 54.5 Å². The fourth-order valence-electron chi connectivity index (χ4n) is 5.39. The second-order valence-corrected chi connectivity index (χ2v) is 14.3. The summed E-state index contributed by atoms with van der Waals surface area (Å²) in [7, 11) is -3.11. The maximum Gasteiger partial charge on any atom is 0.155 e. The van der Waals surface area contributed by atoms with Crippen LogP contribution in [0.5, 0.6) is 0 Å². The molecule has 0 unspecified atom stereocenters. The molecule has 1 saturated heterocycles. The molecule has 0 aromatic heterocycles. The molecule has 5 heteroatoms. The van der Waals surface area contributed by atoms with E-state index in [9.17, 15) is 13.2 Å². The molecule has 1 heterocycles. The van der Waals surface area contributed by atoms with E-state index < -0.39 is 14.6 Å². The van der Waals surface area contributed by atoms with Crippen LogP contribution in [0.2, 0.25) is 0 Å². The van der Waals surface area contributed by atoms with Crippen LogP contribution >= 0.6 is 0 Å². The zero-order valence-corrected chi connectivity index (χ0v) is 22.4. The van der Waals surface area contributed by atoms with Gasteiger partial charge in [-0.1, -0.05) is 36.4 Å². The number of anilines is 1. The van der Waals surface area contributed by atoms with Gasteiger partial charge in [0.15, 0.2) is 9.84 Å². The highest BCUT2D eigenvalue weighted by Crippen LogP contribution is 2.33. The second kappa shape index (κ2) is 10.9. The van der Waals surface area contributed by atoms with Crippen LogP contribution in [0.15, 0.2) is 48.5 Å². The number of carbonyl (C=O) groups is 1. The van der Waals surface area contributed by atoms with Gasteiger partial charge in [-0.15, -0.1) is 0 Å². The lowest BCUT2D eigenvalue weighted by Gasteiger charge is -2.30. The van der Waals surface area contributed by atoms with E-state index in [1.807, 2.05) is 0 Å². The molecule has 4 nitrogen and oxygen atoms in total. The predicted molar refractivity (Wildman–Crippen MR) is 146 cm³/mol. The molecule has 35 heavy (non-hydrogen) atoms. The molecule has 1 aliphatic carbocycles. The van der Waals surface area contributed by atoms with E-state index in [2.05, 4.69) is 53.4 Å². The van der Waals surface area contributed by atoms with Crippen LogP contribution in [-0.2, 0) is 21.1 Å². The summed E-state index contributed by atoms with van der Waals surface area (Å²) in [6.45, 7) is 7.62. The van der Waals surface area contributed by atoms with Gasteiger partial charge in [-0.25, -0.2) is 8.42 Å². The van der Waals surface area contributed by atoms with Gasteiger partial charge in [-0.2, -0.15) is 0 Å². The zero-order valence-electron chi connectivity index (χ0n) is 21.6. The fraction of sp³-hybridized carbons (Fsp3) is 0.567. The summed E-state index contributed by atoms with van der Waals surface area (Å²) < 4.78 is 24.3. The number of rotatable bonds is 7. The summed E-state index contributed by atoms with van der Waals surface area (Å²) >= 11 is 0. The Labute approximate surface area is 212 Å². The first-order chi connectivity index (χ1) is 16.6. The van der Waals surface area contributed by atoms with Gasteiger partial charge in [0.25, 0.3) is 0 Å². The number of ketones is 1. The largest absolute Gasteiger partial charge is 0.372 e. The fourth-order valence-corrected chi connectivity index (χ4v) is 6.84. The Bertz CT molecular complexity index is 1080.